The fraction of sp³-hybridized carbons (Fsp3) is 0.548. The van der Waals surface area contributed by atoms with Gasteiger partial charge < -0.3 is 69.2 Å². The fourth-order valence-corrected chi connectivity index (χ4v) is 8.71. The van der Waals surface area contributed by atoms with Gasteiger partial charge in [0.2, 0.25) is 0 Å². The Labute approximate surface area is 496 Å². The van der Waals surface area contributed by atoms with E-state index in [1.54, 1.807) is 26.0 Å². The molecule has 2 N–H and O–H groups in total. The van der Waals surface area contributed by atoms with Crippen molar-refractivity contribution in [1.29, 1.82) is 0 Å². The van der Waals surface area contributed by atoms with E-state index in [-0.39, 0.29) is 198 Å². The number of fused-ring (bicyclic) bond motifs is 2. The average molecular weight is 1090 g/mol. The van der Waals surface area contributed by atoms with Crippen molar-refractivity contribution in [2.24, 2.45) is 0 Å². The molecule has 4 unspecified atom stereocenters. The maximum atomic E-state index is 12.1. The number of ether oxygens (including phenoxy) is 10. The summed E-state index contributed by atoms with van der Waals surface area (Å²) in [5.41, 5.74) is 0.995. The van der Waals surface area contributed by atoms with Gasteiger partial charge in [-0.15, -0.1) is 22.7 Å². The second kappa shape index (κ2) is 32.4. The van der Waals surface area contributed by atoms with Gasteiger partial charge >= 0.3 is 127 Å². The van der Waals surface area contributed by atoms with Gasteiger partial charge in [-0.2, -0.15) is 8.42 Å². The van der Waals surface area contributed by atoms with Crippen LogP contribution in [0.3, 0.4) is 0 Å². The number of hydrogen-bond donors (Lipinski definition) is 2. The third-order valence-corrected chi connectivity index (χ3v) is 12.2. The third kappa shape index (κ3) is 19.8. The van der Waals surface area contributed by atoms with E-state index in [2.05, 4.69) is 14.4 Å². The molecule has 69 heavy (non-hydrogen) atoms. The van der Waals surface area contributed by atoms with Crippen LogP contribution in [0.2, 0.25) is 0 Å². The first-order valence-electron chi connectivity index (χ1n) is 19.7. The Kier molecular flexibility index (Phi) is 32.5. The van der Waals surface area contributed by atoms with Gasteiger partial charge in [0, 0.05) is 0 Å². The van der Waals surface area contributed by atoms with Crippen molar-refractivity contribution in [1.82, 2.24) is 0 Å². The Hall–Kier alpha value is -1.85. The van der Waals surface area contributed by atoms with Crippen LogP contribution in [0.1, 0.15) is 108 Å². The van der Waals surface area contributed by atoms with E-state index in [0.29, 0.717) is 11.3 Å². The molecule has 2 aromatic heterocycles. The normalized spacial score (nSPS) is 18.7. The van der Waals surface area contributed by atoms with Crippen LogP contribution >= 0.6 is 22.7 Å². The molecule has 3 aliphatic heterocycles. The molecule has 2 saturated heterocycles. The topological polar surface area (TPSA) is 294 Å². The van der Waals surface area contributed by atoms with Gasteiger partial charge in [0.05, 0.1) is 46.0 Å². The zero-order chi connectivity index (χ0) is 50.2. The second-order valence-electron chi connectivity index (χ2n) is 14.0. The number of carbonyl (C=O) groups excluding carboxylic acids is 5. The van der Waals surface area contributed by atoms with E-state index in [4.69, 9.17) is 52.1 Å². The van der Waals surface area contributed by atoms with Crippen LogP contribution in [0, 0.1) is 6.92 Å². The SMILES string of the molecule is C.CC.CCC1OC(C)(C)OC1COS(=O)(=O)c1ccc(C)cc1.COC(=O)c1sc(C(=O)OC)c(O)c1O.COC(=O)c1sc(C(=O)OC)c2c1OCC1OC(C)(C)OC1CO2.O=CO[O-].[H-].[K+].[K+]. The minimum atomic E-state index is -3.77. The van der Waals surface area contributed by atoms with Crippen molar-refractivity contribution in [3.05, 3.63) is 49.3 Å². The summed E-state index contributed by atoms with van der Waals surface area (Å²) in [6.45, 7) is 15.2. The molecule has 22 nitrogen and oxygen atoms in total. The van der Waals surface area contributed by atoms with Crippen LogP contribution in [0.4, 0.5) is 0 Å². The Morgan fingerprint density at radius 1 is 0.725 bits per heavy atom. The van der Waals surface area contributed by atoms with Gasteiger partial charge in [-0.25, -0.2) is 19.2 Å². The zero-order valence-electron chi connectivity index (χ0n) is 41.3. The number of aryl methyl sites for hydroxylation is 1. The molecule has 380 valence electrons. The van der Waals surface area contributed by atoms with Crippen molar-refractivity contribution < 1.29 is 208 Å². The summed E-state index contributed by atoms with van der Waals surface area (Å²) in [4.78, 5) is 57.3. The van der Waals surface area contributed by atoms with Crippen molar-refractivity contribution in [2.45, 2.75) is 110 Å². The van der Waals surface area contributed by atoms with Gasteiger partial charge in [0.15, 0.2) is 54.1 Å². The maximum absolute atomic E-state index is 12.1. The summed E-state index contributed by atoms with van der Waals surface area (Å²) in [5, 5.41) is 27.1. The Balaban J connectivity index is -0.000000903. The molecule has 3 aromatic rings. The molecule has 0 bridgehead atoms. The monoisotopic (exact) mass is 1090 g/mol. The molecule has 0 spiro atoms. The van der Waals surface area contributed by atoms with Gasteiger partial charge in [-0.3, -0.25) is 8.98 Å². The number of benzene rings is 1. The molecule has 2 fully saturated rings. The molecule has 0 aliphatic carbocycles. The average Bonchev–Trinajstić information content (AvgIpc) is 4.01. The van der Waals surface area contributed by atoms with Crippen LogP contribution in [0.5, 0.6) is 23.0 Å². The molecular formula is C42H60K2O22S3. The number of esters is 4. The minimum Gasteiger partial charge on any atom is -1.00 e. The standard InChI is InChI=1S/C15H18O8S.C15H22O5S.C8H8O6S.C2H6.CH2O3.CH4.2K.H/c1-15(2)22-7-5-20-9-10(21-6-8(7)23-15)12(14(17)19-4)24-11(9)13(16)18-3;1-5-13-14(20-15(3,4)19-13)10-18-21(16,17)12-8-6-11(2)7-9-12;1-13-7(11)5-3(9)4(10)6(15-5)8(12)14-2;1-2;2-1-4-3;;;;/h7-8H,5-6H2,1-4H3;6-9,13-14H,5,10H2,1-4H3;9-10H,1-2H3;1-2H3;1,3H;1H4;;;/q;;;;;;2*+1;-1/p-1. The maximum Gasteiger partial charge on any atom is 1.00 e. The Bertz CT molecular complexity index is 2130. The van der Waals surface area contributed by atoms with Gasteiger partial charge in [-0.1, -0.05) is 45.9 Å². The summed E-state index contributed by atoms with van der Waals surface area (Å²) in [6, 6.07) is 6.56. The van der Waals surface area contributed by atoms with E-state index in [0.717, 1.165) is 37.5 Å². The summed E-state index contributed by atoms with van der Waals surface area (Å²) >= 11 is 1.51. The number of rotatable bonds is 10. The number of thiophene rings is 2. The summed E-state index contributed by atoms with van der Waals surface area (Å²) in [6.07, 6.45) is -0.499. The molecule has 3 aliphatic rings. The summed E-state index contributed by atoms with van der Waals surface area (Å²) in [5.74, 6) is -5.37. The number of methoxy groups -OCH3 is 4. The fourth-order valence-electron chi connectivity index (χ4n) is 5.84. The predicted molar refractivity (Wildman–Crippen MR) is 237 cm³/mol. The third-order valence-electron chi connectivity index (χ3n) is 8.66. The van der Waals surface area contributed by atoms with Crippen molar-refractivity contribution >= 4 is 63.1 Å². The first-order chi connectivity index (χ1) is 31.0. The second-order valence-corrected chi connectivity index (χ2v) is 17.7. The van der Waals surface area contributed by atoms with E-state index >= 15 is 0 Å². The quantitative estimate of drug-likeness (QED) is 0.0477. The summed E-state index contributed by atoms with van der Waals surface area (Å²) in [7, 11) is 0.979. The van der Waals surface area contributed by atoms with E-state index in [9.17, 15) is 37.8 Å². The van der Waals surface area contributed by atoms with Crippen molar-refractivity contribution in [3.63, 3.8) is 0 Å². The van der Waals surface area contributed by atoms with Gasteiger partial charge in [0.25, 0.3) is 16.6 Å². The van der Waals surface area contributed by atoms with E-state index in [1.165, 1.54) is 26.4 Å². The van der Waals surface area contributed by atoms with Gasteiger partial charge in [-0.05, 0) is 53.2 Å². The molecule has 0 saturated carbocycles. The number of carbonyl (C=O) groups is 5. The zero-order valence-corrected chi connectivity index (χ0v) is 49.0. The molecule has 0 amide bonds. The Morgan fingerprint density at radius 3 is 1.43 bits per heavy atom. The van der Waals surface area contributed by atoms with Crippen LogP contribution in [0.25, 0.3) is 0 Å². The van der Waals surface area contributed by atoms with E-state index < -0.39 is 57.1 Å². The number of aromatic hydroxyl groups is 2. The Morgan fingerprint density at radius 2 is 1.07 bits per heavy atom. The van der Waals surface area contributed by atoms with E-state index in [1.807, 2.05) is 41.5 Å². The van der Waals surface area contributed by atoms with Gasteiger partial charge in [0.1, 0.15) is 31.5 Å². The molecular weight excluding hydrogens is 1030 g/mol. The van der Waals surface area contributed by atoms with Crippen LogP contribution in [0.15, 0.2) is 29.2 Å². The molecule has 5 heterocycles. The smallest absolute Gasteiger partial charge is 1.00 e. The number of hydrogen-bond acceptors (Lipinski definition) is 24. The molecule has 27 heteroatoms. The first-order valence-corrected chi connectivity index (χ1v) is 22.8. The molecule has 0 radical (unpaired) electrons. The minimum absolute atomic E-state index is 0. The van der Waals surface area contributed by atoms with Crippen LogP contribution in [-0.2, 0) is 61.9 Å². The van der Waals surface area contributed by atoms with Crippen LogP contribution in [-0.4, -0.2) is 133 Å². The first kappa shape index (κ1) is 69.2. The molecule has 1 aromatic carbocycles. The van der Waals surface area contributed by atoms with Crippen molar-refractivity contribution in [2.75, 3.05) is 48.3 Å². The largest absolute Gasteiger partial charge is 1.00 e. The van der Waals surface area contributed by atoms with Crippen LogP contribution < -0.4 is 118 Å². The van der Waals surface area contributed by atoms with Crippen molar-refractivity contribution in [3.8, 4) is 23.0 Å². The summed E-state index contributed by atoms with van der Waals surface area (Å²) < 4.78 is 82.0. The predicted octanol–water partition coefficient (Wildman–Crippen LogP) is -0.807. The molecule has 6 rings (SSSR count). The molecule has 4 atom stereocenters.